The van der Waals surface area contributed by atoms with Gasteiger partial charge in [-0.05, 0) is 59.4 Å². The predicted octanol–water partition coefficient (Wildman–Crippen LogP) is 6.75. The maximum atomic E-state index is 12.3. The van der Waals surface area contributed by atoms with Crippen molar-refractivity contribution in [3.8, 4) is 11.1 Å². The molecule has 0 spiro atoms. The molecule has 0 atom stereocenters. The Morgan fingerprint density at radius 2 is 1.73 bits per heavy atom. The molecule has 1 heterocycles. The van der Waals surface area contributed by atoms with Crippen LogP contribution in [0.2, 0.25) is 0 Å². The molecule has 3 nitrogen and oxygen atoms in total. The van der Waals surface area contributed by atoms with E-state index in [0.717, 1.165) is 41.1 Å². The first-order chi connectivity index (χ1) is 16.2. The number of aryl methyl sites for hydroxylation is 1. The zero-order valence-corrected chi connectivity index (χ0v) is 18.8. The Hall–Kier alpha value is -3.85. The number of hydrogen-bond donors (Lipinski definition) is 1. The highest BCUT2D eigenvalue weighted by Gasteiger charge is 2.18. The Morgan fingerprint density at radius 3 is 2.52 bits per heavy atom. The predicted molar refractivity (Wildman–Crippen MR) is 136 cm³/mol. The van der Waals surface area contributed by atoms with Gasteiger partial charge in [0.25, 0.3) is 0 Å². The zero-order chi connectivity index (χ0) is 22.8. The van der Waals surface area contributed by atoms with Crippen molar-refractivity contribution >= 4 is 27.7 Å². The first-order valence-electron chi connectivity index (χ1n) is 11.6. The van der Waals surface area contributed by atoms with Crippen molar-refractivity contribution < 1.29 is 4.79 Å². The summed E-state index contributed by atoms with van der Waals surface area (Å²) in [5.74, 6) is -0.409. The van der Waals surface area contributed by atoms with Gasteiger partial charge in [-0.15, -0.1) is 0 Å². The molecule has 0 bridgehead atoms. The van der Waals surface area contributed by atoms with Crippen LogP contribution in [-0.2, 0) is 13.0 Å². The Morgan fingerprint density at radius 1 is 0.939 bits per heavy atom. The number of carbonyl (C=O) groups excluding carboxylic acids is 1. The number of fused-ring (bicyclic) bond motifs is 3. The van der Waals surface area contributed by atoms with Crippen molar-refractivity contribution in [2.45, 2.75) is 32.7 Å². The summed E-state index contributed by atoms with van der Waals surface area (Å²) in [6.07, 6.45) is 3.31. The molecule has 163 valence electrons. The minimum atomic E-state index is -0.409. The van der Waals surface area contributed by atoms with Crippen LogP contribution in [0.5, 0.6) is 0 Å². The van der Waals surface area contributed by atoms with E-state index in [1.54, 1.807) is 0 Å². The number of nitrogens with two attached hydrogens (primary N) is 1. The standard InChI is InChI=1S/C30H27N2O/c1-2-3-10-21-17-18-25-28(19-21)32(27-16-9-15-26(29(25)27)30(31)33)20-23-13-7-8-14-24(23)22-11-5-4-6-12-22/h4-9,11-17,19H,2-3,10,20H2,1H3,(H2,31,33). The highest BCUT2D eigenvalue weighted by Crippen LogP contribution is 2.34. The van der Waals surface area contributed by atoms with Crippen molar-refractivity contribution in [2.24, 2.45) is 5.73 Å². The molecule has 1 amide bonds. The highest BCUT2D eigenvalue weighted by atomic mass is 16.1. The average Bonchev–Trinajstić information content (AvgIpc) is 3.16. The number of nitrogens with zero attached hydrogens (tertiary/aromatic N) is 1. The molecule has 33 heavy (non-hydrogen) atoms. The molecule has 0 fully saturated rings. The van der Waals surface area contributed by atoms with Crippen LogP contribution in [0.3, 0.4) is 0 Å². The quantitative estimate of drug-likeness (QED) is 0.304. The maximum Gasteiger partial charge on any atom is 0.249 e. The van der Waals surface area contributed by atoms with Crippen LogP contribution in [-0.4, -0.2) is 10.5 Å². The molecule has 4 aromatic carbocycles. The van der Waals surface area contributed by atoms with Gasteiger partial charge in [0.1, 0.15) is 0 Å². The zero-order valence-electron chi connectivity index (χ0n) is 18.8. The summed E-state index contributed by atoms with van der Waals surface area (Å²) < 4.78 is 2.31. The average molecular weight is 432 g/mol. The van der Waals surface area contributed by atoms with Gasteiger partial charge < -0.3 is 10.3 Å². The van der Waals surface area contributed by atoms with E-state index >= 15 is 0 Å². The van der Waals surface area contributed by atoms with Gasteiger partial charge in [-0.25, -0.2) is 0 Å². The number of benzene rings is 4. The molecule has 3 heteroatoms. The van der Waals surface area contributed by atoms with Gasteiger partial charge in [0, 0.05) is 22.9 Å². The minimum absolute atomic E-state index is 0.409. The molecule has 0 saturated heterocycles. The van der Waals surface area contributed by atoms with Crippen molar-refractivity contribution in [3.05, 3.63) is 108 Å². The largest absolute Gasteiger partial charge is 0.366 e. The first kappa shape index (κ1) is 21.0. The molecule has 1 aromatic heterocycles. The van der Waals surface area contributed by atoms with E-state index in [9.17, 15) is 4.79 Å². The van der Waals surface area contributed by atoms with E-state index in [4.69, 9.17) is 5.73 Å². The SMILES string of the molecule is CCCCc1c[c]c2c3c(C(N)=O)cccc3n(Cc3ccccc3-c3ccccc3)c2c1. The van der Waals surface area contributed by atoms with Gasteiger partial charge in [0.05, 0.1) is 11.0 Å². The summed E-state index contributed by atoms with van der Waals surface area (Å²) >= 11 is 0. The van der Waals surface area contributed by atoms with Crippen LogP contribution in [0.1, 0.15) is 41.3 Å². The Bertz CT molecular complexity index is 1450. The van der Waals surface area contributed by atoms with Crippen molar-refractivity contribution in [2.75, 3.05) is 0 Å². The van der Waals surface area contributed by atoms with Crippen molar-refractivity contribution in [1.29, 1.82) is 0 Å². The van der Waals surface area contributed by atoms with E-state index in [1.165, 1.54) is 22.3 Å². The number of unbranched alkanes of at least 4 members (excludes halogenated alkanes) is 1. The van der Waals surface area contributed by atoms with Gasteiger partial charge in [-0.2, -0.15) is 0 Å². The Balaban J connectivity index is 1.74. The molecular formula is C30H27N2O. The molecule has 5 rings (SSSR count). The lowest BCUT2D eigenvalue weighted by Crippen LogP contribution is -2.11. The number of primary amides is 1. The van der Waals surface area contributed by atoms with Gasteiger partial charge in [-0.3, -0.25) is 4.79 Å². The van der Waals surface area contributed by atoms with E-state index < -0.39 is 5.91 Å². The monoisotopic (exact) mass is 431 g/mol. The lowest BCUT2D eigenvalue weighted by molar-refractivity contribution is 0.100. The van der Waals surface area contributed by atoms with E-state index in [2.05, 4.69) is 84.3 Å². The third-order valence-electron chi connectivity index (χ3n) is 6.37. The normalized spacial score (nSPS) is 11.3. The van der Waals surface area contributed by atoms with Crippen molar-refractivity contribution in [3.63, 3.8) is 0 Å². The second kappa shape index (κ2) is 8.95. The topological polar surface area (TPSA) is 48.0 Å². The van der Waals surface area contributed by atoms with Gasteiger partial charge >= 0.3 is 0 Å². The van der Waals surface area contributed by atoms with Gasteiger partial charge in [0.2, 0.25) is 5.91 Å². The highest BCUT2D eigenvalue weighted by molar-refractivity contribution is 6.17. The lowest BCUT2D eigenvalue weighted by Gasteiger charge is -2.13. The molecule has 1 radical (unpaired) electrons. The number of amides is 1. The fourth-order valence-electron chi connectivity index (χ4n) is 4.73. The summed E-state index contributed by atoms with van der Waals surface area (Å²) in [7, 11) is 0. The van der Waals surface area contributed by atoms with Crippen LogP contribution in [0.25, 0.3) is 32.9 Å². The summed E-state index contributed by atoms with van der Waals surface area (Å²) in [5.41, 5.74) is 13.3. The second-order valence-electron chi connectivity index (χ2n) is 8.54. The minimum Gasteiger partial charge on any atom is -0.366 e. The summed E-state index contributed by atoms with van der Waals surface area (Å²) in [5, 5.41) is 1.84. The van der Waals surface area contributed by atoms with E-state index in [-0.39, 0.29) is 0 Å². The van der Waals surface area contributed by atoms with E-state index in [0.29, 0.717) is 12.1 Å². The molecule has 2 N–H and O–H groups in total. The van der Waals surface area contributed by atoms with Gasteiger partial charge in [0.15, 0.2) is 0 Å². The molecule has 0 unspecified atom stereocenters. The van der Waals surface area contributed by atoms with Gasteiger partial charge in [-0.1, -0.05) is 80.1 Å². The van der Waals surface area contributed by atoms with E-state index in [1.807, 2.05) is 18.2 Å². The fourth-order valence-corrected chi connectivity index (χ4v) is 4.73. The molecule has 0 aliphatic carbocycles. The number of rotatable bonds is 7. The molecule has 0 saturated carbocycles. The third-order valence-corrected chi connectivity index (χ3v) is 6.37. The summed E-state index contributed by atoms with van der Waals surface area (Å²) in [6, 6.07) is 32.6. The molecule has 0 aliphatic heterocycles. The summed E-state index contributed by atoms with van der Waals surface area (Å²) in [4.78, 5) is 12.3. The smallest absolute Gasteiger partial charge is 0.249 e. The third kappa shape index (κ3) is 3.91. The van der Waals surface area contributed by atoms with Crippen LogP contribution in [0, 0.1) is 6.07 Å². The fraction of sp³-hybridized carbons (Fsp3) is 0.167. The summed E-state index contributed by atoms with van der Waals surface area (Å²) in [6.45, 7) is 2.90. The second-order valence-corrected chi connectivity index (χ2v) is 8.54. The Kier molecular flexibility index (Phi) is 5.70. The number of carbonyl (C=O) groups is 1. The number of hydrogen-bond acceptors (Lipinski definition) is 1. The molecule has 5 aromatic rings. The first-order valence-corrected chi connectivity index (χ1v) is 11.6. The Labute approximate surface area is 194 Å². The lowest BCUT2D eigenvalue weighted by atomic mass is 9.99. The van der Waals surface area contributed by atoms with Crippen LogP contribution in [0.4, 0.5) is 0 Å². The molecular weight excluding hydrogens is 404 g/mol. The van der Waals surface area contributed by atoms with Crippen LogP contribution in [0.15, 0.2) is 84.9 Å². The molecule has 0 aliphatic rings. The number of aromatic nitrogens is 1. The van der Waals surface area contributed by atoms with Crippen molar-refractivity contribution in [1.82, 2.24) is 4.57 Å². The maximum absolute atomic E-state index is 12.3. The van der Waals surface area contributed by atoms with Crippen LogP contribution >= 0.6 is 0 Å². The van der Waals surface area contributed by atoms with Crippen LogP contribution < -0.4 is 5.73 Å².